The van der Waals surface area contributed by atoms with Crippen LogP contribution in [0.4, 0.5) is 0 Å². The average molecular weight is 229 g/mol. The van der Waals surface area contributed by atoms with Crippen LogP contribution in [0.1, 0.15) is 22.8 Å². The quantitative estimate of drug-likeness (QED) is 0.879. The molecule has 0 fully saturated rings. The Morgan fingerprint density at radius 1 is 1.24 bits per heavy atom. The van der Waals surface area contributed by atoms with Crippen molar-refractivity contribution in [3.63, 3.8) is 0 Å². The Morgan fingerprint density at radius 3 is 2.71 bits per heavy atom. The van der Waals surface area contributed by atoms with Crippen LogP contribution in [0.3, 0.4) is 0 Å². The van der Waals surface area contributed by atoms with Crippen LogP contribution in [0.5, 0.6) is 5.75 Å². The van der Waals surface area contributed by atoms with E-state index in [4.69, 9.17) is 4.74 Å². The summed E-state index contributed by atoms with van der Waals surface area (Å²) in [5, 5.41) is 10.2. The molecule has 0 aliphatic rings. The van der Waals surface area contributed by atoms with Gasteiger partial charge in [-0.15, -0.1) is 0 Å². The van der Waals surface area contributed by atoms with E-state index in [2.05, 4.69) is 4.98 Å². The Morgan fingerprint density at radius 2 is 2.06 bits per heavy atom. The summed E-state index contributed by atoms with van der Waals surface area (Å²) in [5.41, 5.74) is 2.63. The number of methoxy groups -OCH3 is 1. The van der Waals surface area contributed by atoms with Crippen molar-refractivity contribution in [2.75, 3.05) is 7.11 Å². The van der Waals surface area contributed by atoms with Crippen molar-refractivity contribution in [2.24, 2.45) is 0 Å². The fourth-order valence-electron chi connectivity index (χ4n) is 1.74. The smallest absolute Gasteiger partial charge is 0.122 e. The number of aromatic nitrogens is 1. The van der Waals surface area contributed by atoms with Crippen molar-refractivity contribution in [3.8, 4) is 5.75 Å². The predicted octanol–water partition coefficient (Wildman–Crippen LogP) is 2.48. The SMILES string of the molecule is COc1cc(C(O)c2cccnc2)ccc1C. The molecule has 1 aromatic heterocycles. The van der Waals surface area contributed by atoms with Gasteiger partial charge >= 0.3 is 0 Å². The minimum absolute atomic E-state index is 0.668. The number of aliphatic hydroxyl groups is 1. The molecule has 1 atom stereocenters. The van der Waals surface area contributed by atoms with Crippen LogP contribution >= 0.6 is 0 Å². The molecule has 0 saturated heterocycles. The normalized spacial score (nSPS) is 12.2. The zero-order chi connectivity index (χ0) is 12.3. The van der Waals surface area contributed by atoms with Crippen molar-refractivity contribution >= 4 is 0 Å². The van der Waals surface area contributed by atoms with Crippen molar-refractivity contribution in [1.82, 2.24) is 4.98 Å². The zero-order valence-corrected chi connectivity index (χ0v) is 9.92. The van der Waals surface area contributed by atoms with Gasteiger partial charge in [0, 0.05) is 18.0 Å². The van der Waals surface area contributed by atoms with Gasteiger partial charge in [-0.1, -0.05) is 18.2 Å². The molecule has 1 unspecified atom stereocenters. The molecule has 0 aliphatic carbocycles. The van der Waals surface area contributed by atoms with Crippen molar-refractivity contribution in [2.45, 2.75) is 13.0 Å². The van der Waals surface area contributed by atoms with E-state index >= 15 is 0 Å². The monoisotopic (exact) mass is 229 g/mol. The van der Waals surface area contributed by atoms with Crippen LogP contribution in [0.25, 0.3) is 0 Å². The molecule has 88 valence electrons. The molecular formula is C14H15NO2. The summed E-state index contributed by atoms with van der Waals surface area (Å²) < 4.78 is 5.24. The minimum Gasteiger partial charge on any atom is -0.496 e. The Kier molecular flexibility index (Phi) is 3.40. The highest BCUT2D eigenvalue weighted by Gasteiger charge is 2.11. The zero-order valence-electron chi connectivity index (χ0n) is 9.92. The average Bonchev–Trinajstić information content (AvgIpc) is 2.39. The minimum atomic E-state index is -0.668. The third-order valence-electron chi connectivity index (χ3n) is 2.75. The summed E-state index contributed by atoms with van der Waals surface area (Å²) in [4.78, 5) is 4.00. The lowest BCUT2D eigenvalue weighted by Crippen LogP contribution is -2.01. The van der Waals surface area contributed by atoms with Crippen LogP contribution < -0.4 is 4.74 Å². The van der Waals surface area contributed by atoms with Gasteiger partial charge in [0.25, 0.3) is 0 Å². The molecule has 0 amide bonds. The molecule has 0 radical (unpaired) electrons. The number of rotatable bonds is 3. The first-order valence-corrected chi connectivity index (χ1v) is 5.45. The molecule has 2 rings (SSSR count). The highest BCUT2D eigenvalue weighted by molar-refractivity contribution is 5.39. The van der Waals surface area contributed by atoms with E-state index in [0.717, 1.165) is 22.4 Å². The summed E-state index contributed by atoms with van der Waals surface area (Å²) in [6.45, 7) is 1.97. The van der Waals surface area contributed by atoms with Crippen LogP contribution in [-0.2, 0) is 0 Å². The van der Waals surface area contributed by atoms with Crippen LogP contribution in [-0.4, -0.2) is 17.2 Å². The van der Waals surface area contributed by atoms with Crippen LogP contribution in [0, 0.1) is 6.92 Å². The van der Waals surface area contributed by atoms with E-state index in [-0.39, 0.29) is 0 Å². The lowest BCUT2D eigenvalue weighted by molar-refractivity contribution is 0.219. The third-order valence-corrected chi connectivity index (χ3v) is 2.75. The van der Waals surface area contributed by atoms with Gasteiger partial charge in [-0.3, -0.25) is 4.98 Å². The molecule has 0 saturated carbocycles. The molecule has 17 heavy (non-hydrogen) atoms. The van der Waals surface area contributed by atoms with Gasteiger partial charge in [-0.05, 0) is 30.2 Å². The van der Waals surface area contributed by atoms with E-state index in [1.165, 1.54) is 0 Å². The number of ether oxygens (including phenoxy) is 1. The van der Waals surface area contributed by atoms with Gasteiger partial charge in [0.2, 0.25) is 0 Å². The highest BCUT2D eigenvalue weighted by atomic mass is 16.5. The molecular weight excluding hydrogens is 214 g/mol. The van der Waals surface area contributed by atoms with Gasteiger partial charge < -0.3 is 9.84 Å². The molecule has 1 N–H and O–H groups in total. The number of benzene rings is 1. The summed E-state index contributed by atoms with van der Waals surface area (Å²) in [5.74, 6) is 0.783. The number of nitrogens with zero attached hydrogens (tertiary/aromatic N) is 1. The lowest BCUT2D eigenvalue weighted by atomic mass is 10.0. The molecule has 0 bridgehead atoms. The van der Waals surface area contributed by atoms with Gasteiger partial charge in [0.15, 0.2) is 0 Å². The molecule has 0 aliphatic heterocycles. The Labute approximate surface area is 101 Å². The van der Waals surface area contributed by atoms with Crippen molar-refractivity contribution < 1.29 is 9.84 Å². The molecule has 3 nitrogen and oxygen atoms in total. The van der Waals surface area contributed by atoms with Gasteiger partial charge in [0.1, 0.15) is 11.9 Å². The highest BCUT2D eigenvalue weighted by Crippen LogP contribution is 2.26. The number of hydrogen-bond donors (Lipinski definition) is 1. The molecule has 3 heteroatoms. The lowest BCUT2D eigenvalue weighted by Gasteiger charge is -2.13. The van der Waals surface area contributed by atoms with Crippen molar-refractivity contribution in [3.05, 3.63) is 59.4 Å². The topological polar surface area (TPSA) is 42.4 Å². The maximum Gasteiger partial charge on any atom is 0.122 e. The first kappa shape index (κ1) is 11.6. The largest absolute Gasteiger partial charge is 0.496 e. The number of hydrogen-bond acceptors (Lipinski definition) is 3. The third kappa shape index (κ3) is 2.45. The second-order valence-corrected chi connectivity index (χ2v) is 3.92. The van der Waals surface area contributed by atoms with E-state index in [0.29, 0.717) is 0 Å². The number of aryl methyl sites for hydroxylation is 1. The van der Waals surface area contributed by atoms with E-state index in [1.54, 1.807) is 19.5 Å². The maximum absolute atomic E-state index is 10.2. The molecule has 0 spiro atoms. The maximum atomic E-state index is 10.2. The fourth-order valence-corrected chi connectivity index (χ4v) is 1.74. The standard InChI is InChI=1S/C14H15NO2/c1-10-5-6-11(8-13(10)17-2)14(16)12-4-3-7-15-9-12/h3-9,14,16H,1-2H3. The van der Waals surface area contributed by atoms with E-state index in [9.17, 15) is 5.11 Å². The molecule has 1 heterocycles. The second-order valence-electron chi connectivity index (χ2n) is 3.92. The van der Waals surface area contributed by atoms with Crippen molar-refractivity contribution in [1.29, 1.82) is 0 Å². The van der Waals surface area contributed by atoms with Gasteiger partial charge in [-0.2, -0.15) is 0 Å². The summed E-state index contributed by atoms with van der Waals surface area (Å²) >= 11 is 0. The van der Waals surface area contributed by atoms with Crippen LogP contribution in [0.2, 0.25) is 0 Å². The summed E-state index contributed by atoms with van der Waals surface area (Å²) in [7, 11) is 1.63. The molecule has 1 aromatic carbocycles. The number of pyridine rings is 1. The van der Waals surface area contributed by atoms with Crippen LogP contribution in [0.15, 0.2) is 42.7 Å². The predicted molar refractivity (Wildman–Crippen MR) is 66.0 cm³/mol. The number of aliphatic hydroxyl groups excluding tert-OH is 1. The first-order valence-electron chi connectivity index (χ1n) is 5.45. The van der Waals surface area contributed by atoms with E-state index in [1.807, 2.05) is 37.3 Å². The first-order chi connectivity index (χ1) is 8.22. The molecule has 2 aromatic rings. The summed E-state index contributed by atoms with van der Waals surface area (Å²) in [6, 6.07) is 9.35. The second kappa shape index (κ2) is 4.97. The Balaban J connectivity index is 2.34. The fraction of sp³-hybridized carbons (Fsp3) is 0.214. The van der Waals surface area contributed by atoms with Gasteiger partial charge in [0.05, 0.1) is 7.11 Å². The Hall–Kier alpha value is -1.87. The van der Waals surface area contributed by atoms with Gasteiger partial charge in [-0.25, -0.2) is 0 Å². The Bertz CT molecular complexity index is 497. The summed E-state index contributed by atoms with van der Waals surface area (Å²) in [6.07, 6.45) is 2.68. The van der Waals surface area contributed by atoms with E-state index < -0.39 is 6.10 Å².